The second kappa shape index (κ2) is 5.65. The van der Waals surface area contributed by atoms with Crippen molar-refractivity contribution in [2.24, 2.45) is 0 Å². The van der Waals surface area contributed by atoms with Crippen molar-refractivity contribution in [3.8, 4) is 0 Å². The Morgan fingerprint density at radius 3 is 2.91 bits per heavy atom. The van der Waals surface area contributed by atoms with Gasteiger partial charge in [-0.25, -0.2) is 9.67 Å². The van der Waals surface area contributed by atoms with Crippen molar-refractivity contribution in [2.45, 2.75) is 45.1 Å². The molecule has 2 heterocycles. The van der Waals surface area contributed by atoms with E-state index in [-0.39, 0.29) is 5.56 Å². The van der Waals surface area contributed by atoms with E-state index in [0.29, 0.717) is 23.7 Å². The molecule has 1 saturated carbocycles. The average molecular weight is 308 g/mol. The molecule has 0 amide bonds. The van der Waals surface area contributed by atoms with Gasteiger partial charge in [-0.1, -0.05) is 42.7 Å². The van der Waals surface area contributed by atoms with E-state index in [1.165, 1.54) is 18.4 Å². The molecule has 3 aromatic rings. The lowest BCUT2D eigenvalue weighted by atomic mass is 10.1. The van der Waals surface area contributed by atoms with Crippen LogP contribution >= 0.6 is 0 Å². The molecule has 1 fully saturated rings. The first-order valence-corrected chi connectivity index (χ1v) is 8.22. The molecule has 23 heavy (non-hydrogen) atoms. The Morgan fingerprint density at radius 2 is 2.13 bits per heavy atom. The third-order valence-corrected chi connectivity index (χ3v) is 4.64. The van der Waals surface area contributed by atoms with Crippen LogP contribution in [-0.2, 0) is 6.42 Å². The average Bonchev–Trinajstić information content (AvgIpc) is 3.15. The van der Waals surface area contributed by atoms with Crippen LogP contribution in [0, 0.1) is 6.92 Å². The van der Waals surface area contributed by atoms with Gasteiger partial charge in [-0.05, 0) is 25.3 Å². The minimum Gasteiger partial charge on any atom is -0.310 e. The topological polar surface area (TPSA) is 63.6 Å². The third-order valence-electron chi connectivity index (χ3n) is 4.64. The zero-order valence-corrected chi connectivity index (χ0v) is 13.2. The van der Waals surface area contributed by atoms with E-state index in [2.05, 4.69) is 35.2 Å². The Kier molecular flexibility index (Phi) is 3.48. The molecule has 1 aliphatic carbocycles. The molecule has 5 heteroatoms. The number of hydrogen-bond donors (Lipinski definition) is 1. The van der Waals surface area contributed by atoms with Gasteiger partial charge < -0.3 is 4.98 Å². The van der Waals surface area contributed by atoms with Gasteiger partial charge in [0.2, 0.25) is 0 Å². The number of H-pyrrole nitrogens is 1. The molecule has 5 nitrogen and oxygen atoms in total. The summed E-state index contributed by atoms with van der Waals surface area (Å²) < 4.78 is 1.96. The molecular weight excluding hydrogens is 288 g/mol. The van der Waals surface area contributed by atoms with Crippen LogP contribution < -0.4 is 5.56 Å². The zero-order chi connectivity index (χ0) is 15.8. The molecule has 0 radical (unpaired) electrons. The first-order chi connectivity index (χ1) is 11.2. The standard InChI is InChI=1S/C18H20N4O/c1-12-5-4-6-13(9-12)10-16-20-17-15(18(23)21-16)11-19-22(17)14-7-2-3-8-14/h4-6,9,11,14H,2-3,7-8,10H2,1H3,(H,20,21,23). The first kappa shape index (κ1) is 14.2. The molecule has 1 aromatic carbocycles. The predicted molar refractivity (Wildman–Crippen MR) is 89.6 cm³/mol. The minimum absolute atomic E-state index is 0.0955. The van der Waals surface area contributed by atoms with E-state index in [1.54, 1.807) is 6.20 Å². The fourth-order valence-corrected chi connectivity index (χ4v) is 3.50. The number of nitrogens with one attached hydrogen (secondary N) is 1. The quantitative estimate of drug-likeness (QED) is 0.808. The maximum atomic E-state index is 12.3. The van der Waals surface area contributed by atoms with Crippen LogP contribution in [0.1, 0.15) is 48.7 Å². The van der Waals surface area contributed by atoms with Crippen molar-refractivity contribution in [1.29, 1.82) is 0 Å². The van der Waals surface area contributed by atoms with Crippen molar-refractivity contribution in [3.05, 3.63) is 57.8 Å². The lowest BCUT2D eigenvalue weighted by molar-refractivity contribution is 0.478. The smallest absolute Gasteiger partial charge is 0.262 e. The summed E-state index contributed by atoms with van der Waals surface area (Å²) in [5.41, 5.74) is 2.99. The molecule has 1 N–H and O–H groups in total. The van der Waals surface area contributed by atoms with Gasteiger partial charge in [0.05, 0.1) is 12.2 Å². The van der Waals surface area contributed by atoms with Crippen LogP contribution in [-0.4, -0.2) is 19.7 Å². The highest BCUT2D eigenvalue weighted by Gasteiger charge is 2.21. The van der Waals surface area contributed by atoms with E-state index in [4.69, 9.17) is 4.98 Å². The summed E-state index contributed by atoms with van der Waals surface area (Å²) >= 11 is 0. The monoisotopic (exact) mass is 308 g/mol. The van der Waals surface area contributed by atoms with Gasteiger partial charge in [-0.2, -0.15) is 5.10 Å². The van der Waals surface area contributed by atoms with Gasteiger partial charge in [-0.3, -0.25) is 4.79 Å². The number of fused-ring (bicyclic) bond motifs is 1. The molecule has 4 rings (SSSR count). The Morgan fingerprint density at radius 1 is 1.30 bits per heavy atom. The van der Waals surface area contributed by atoms with Gasteiger partial charge in [0.25, 0.3) is 5.56 Å². The molecule has 0 spiro atoms. The summed E-state index contributed by atoms with van der Waals surface area (Å²) in [6.45, 7) is 2.07. The highest BCUT2D eigenvalue weighted by Crippen LogP contribution is 2.30. The lowest BCUT2D eigenvalue weighted by Gasteiger charge is -2.11. The number of hydrogen-bond acceptors (Lipinski definition) is 3. The van der Waals surface area contributed by atoms with E-state index in [9.17, 15) is 4.79 Å². The van der Waals surface area contributed by atoms with E-state index in [0.717, 1.165) is 24.1 Å². The van der Waals surface area contributed by atoms with Gasteiger partial charge in [0.15, 0.2) is 5.65 Å². The molecule has 1 aliphatic rings. The fourth-order valence-electron chi connectivity index (χ4n) is 3.50. The van der Waals surface area contributed by atoms with Crippen molar-refractivity contribution < 1.29 is 0 Å². The van der Waals surface area contributed by atoms with Crippen molar-refractivity contribution in [3.63, 3.8) is 0 Å². The number of rotatable bonds is 3. The molecule has 0 saturated heterocycles. The third kappa shape index (κ3) is 2.67. The predicted octanol–water partition coefficient (Wildman–Crippen LogP) is 3.13. The number of aryl methyl sites for hydroxylation is 1. The normalized spacial score (nSPS) is 15.5. The Labute approximate surface area is 134 Å². The van der Waals surface area contributed by atoms with Crippen LogP contribution in [0.2, 0.25) is 0 Å². The molecule has 0 unspecified atom stereocenters. The zero-order valence-electron chi connectivity index (χ0n) is 13.2. The fraction of sp³-hybridized carbons (Fsp3) is 0.389. The summed E-state index contributed by atoms with van der Waals surface area (Å²) in [5, 5.41) is 5.02. The summed E-state index contributed by atoms with van der Waals surface area (Å²) in [6.07, 6.45) is 6.98. The second-order valence-corrected chi connectivity index (χ2v) is 6.44. The van der Waals surface area contributed by atoms with Crippen LogP contribution in [0.5, 0.6) is 0 Å². The molecule has 0 aliphatic heterocycles. The summed E-state index contributed by atoms with van der Waals surface area (Å²) in [6, 6.07) is 8.67. The largest absolute Gasteiger partial charge is 0.310 e. The van der Waals surface area contributed by atoms with E-state index < -0.39 is 0 Å². The van der Waals surface area contributed by atoms with Gasteiger partial charge >= 0.3 is 0 Å². The van der Waals surface area contributed by atoms with Crippen molar-refractivity contribution in [1.82, 2.24) is 19.7 Å². The van der Waals surface area contributed by atoms with Gasteiger partial charge in [0, 0.05) is 6.42 Å². The van der Waals surface area contributed by atoms with Crippen LogP contribution in [0.25, 0.3) is 11.0 Å². The van der Waals surface area contributed by atoms with E-state index >= 15 is 0 Å². The summed E-state index contributed by atoms with van der Waals surface area (Å²) in [5.74, 6) is 0.702. The van der Waals surface area contributed by atoms with Gasteiger partial charge in [-0.15, -0.1) is 0 Å². The molecule has 2 aromatic heterocycles. The Balaban J connectivity index is 1.75. The van der Waals surface area contributed by atoms with Crippen LogP contribution in [0.4, 0.5) is 0 Å². The highest BCUT2D eigenvalue weighted by atomic mass is 16.1. The first-order valence-electron chi connectivity index (χ1n) is 8.22. The van der Waals surface area contributed by atoms with Gasteiger partial charge in [0.1, 0.15) is 11.2 Å². The van der Waals surface area contributed by atoms with Crippen molar-refractivity contribution >= 4 is 11.0 Å². The molecular formula is C18H20N4O. The minimum atomic E-state index is -0.0955. The molecule has 0 atom stereocenters. The number of nitrogens with zero attached hydrogens (tertiary/aromatic N) is 3. The van der Waals surface area contributed by atoms with Crippen LogP contribution in [0.3, 0.4) is 0 Å². The SMILES string of the molecule is Cc1cccc(Cc2nc3c(cnn3C3CCCC3)c(=O)[nH]2)c1. The maximum Gasteiger partial charge on any atom is 0.262 e. The number of aromatic nitrogens is 4. The lowest BCUT2D eigenvalue weighted by Crippen LogP contribution is -2.14. The molecule has 0 bridgehead atoms. The van der Waals surface area contributed by atoms with Crippen LogP contribution in [0.15, 0.2) is 35.3 Å². The maximum absolute atomic E-state index is 12.3. The Hall–Kier alpha value is -2.43. The number of aromatic amines is 1. The Bertz CT molecular complexity index is 903. The summed E-state index contributed by atoms with van der Waals surface area (Å²) in [4.78, 5) is 19.9. The number of benzene rings is 1. The highest BCUT2D eigenvalue weighted by molar-refractivity contribution is 5.73. The molecule has 118 valence electrons. The summed E-state index contributed by atoms with van der Waals surface area (Å²) in [7, 11) is 0. The van der Waals surface area contributed by atoms with Crippen molar-refractivity contribution in [2.75, 3.05) is 0 Å². The second-order valence-electron chi connectivity index (χ2n) is 6.44. The van der Waals surface area contributed by atoms with E-state index in [1.807, 2.05) is 10.7 Å².